The second-order valence-electron chi connectivity index (χ2n) is 4.29. The zero-order valence-electron chi connectivity index (χ0n) is 11.8. The van der Waals surface area contributed by atoms with E-state index < -0.39 is 9.84 Å². The maximum atomic E-state index is 12.5. The number of para-hydroxylation sites is 1. The highest BCUT2D eigenvalue weighted by molar-refractivity contribution is 7.91. The van der Waals surface area contributed by atoms with Crippen LogP contribution in [0.2, 0.25) is 0 Å². The van der Waals surface area contributed by atoms with E-state index in [1.54, 1.807) is 42.9 Å². The van der Waals surface area contributed by atoms with Gasteiger partial charge in [-0.2, -0.15) is 0 Å². The van der Waals surface area contributed by atoms with E-state index >= 15 is 0 Å². The van der Waals surface area contributed by atoms with Crippen LogP contribution in [0.3, 0.4) is 0 Å². The molecule has 0 aliphatic carbocycles. The average Bonchev–Trinajstić information content (AvgIpc) is 3.02. The fourth-order valence-electron chi connectivity index (χ4n) is 1.98. The summed E-state index contributed by atoms with van der Waals surface area (Å²) in [6, 6.07) is 6.57. The topological polar surface area (TPSA) is 67.3 Å². The first-order valence-corrected chi connectivity index (χ1v) is 9.12. The summed E-state index contributed by atoms with van der Waals surface area (Å²) >= 11 is 1.33. The second-order valence-corrected chi connectivity index (χ2v) is 7.26. The van der Waals surface area contributed by atoms with Crippen LogP contribution in [0.4, 0.5) is 5.69 Å². The van der Waals surface area contributed by atoms with E-state index in [1.165, 1.54) is 22.3 Å². The Morgan fingerprint density at radius 1 is 1.29 bits per heavy atom. The van der Waals surface area contributed by atoms with Crippen LogP contribution in [0.5, 0.6) is 0 Å². The molecule has 2 aromatic rings. The van der Waals surface area contributed by atoms with E-state index in [0.717, 1.165) is 0 Å². The molecular weight excluding hydrogens is 308 g/mol. The molecule has 0 aliphatic rings. The van der Waals surface area contributed by atoms with Crippen LogP contribution in [-0.2, 0) is 9.84 Å². The molecule has 0 saturated carbocycles. The minimum Gasteiger partial charge on any atom is -0.306 e. The number of sulfone groups is 1. The van der Waals surface area contributed by atoms with Crippen LogP contribution < -0.4 is 4.90 Å². The predicted molar refractivity (Wildman–Crippen MR) is 83.6 cm³/mol. The standard InChI is InChI=1S/C14H16N2O3S2/c1-3-16(14(17)11-9-20-10-15-11)12-7-5-6-8-13(12)21(18,19)4-2/h5-10H,3-4H2,1-2H3. The lowest BCUT2D eigenvalue weighted by Crippen LogP contribution is -2.32. The van der Waals surface area contributed by atoms with Gasteiger partial charge >= 0.3 is 0 Å². The summed E-state index contributed by atoms with van der Waals surface area (Å²) in [5.41, 5.74) is 2.31. The summed E-state index contributed by atoms with van der Waals surface area (Å²) < 4.78 is 24.4. The summed E-state index contributed by atoms with van der Waals surface area (Å²) in [6.07, 6.45) is 0. The molecule has 0 N–H and O–H groups in total. The highest BCUT2D eigenvalue weighted by Gasteiger charge is 2.24. The Balaban J connectivity index is 2.52. The van der Waals surface area contributed by atoms with Gasteiger partial charge in [-0.25, -0.2) is 13.4 Å². The van der Waals surface area contributed by atoms with Crippen LogP contribution in [0.25, 0.3) is 0 Å². The average molecular weight is 324 g/mol. The maximum absolute atomic E-state index is 12.5. The van der Waals surface area contributed by atoms with Gasteiger partial charge in [-0.05, 0) is 19.1 Å². The van der Waals surface area contributed by atoms with Crippen molar-refractivity contribution >= 4 is 32.8 Å². The third-order valence-electron chi connectivity index (χ3n) is 3.08. The van der Waals surface area contributed by atoms with Gasteiger partial charge in [0, 0.05) is 11.9 Å². The number of anilines is 1. The largest absolute Gasteiger partial charge is 0.306 e. The highest BCUT2D eigenvalue weighted by Crippen LogP contribution is 2.27. The first-order chi connectivity index (χ1) is 10.0. The van der Waals surface area contributed by atoms with E-state index in [2.05, 4.69) is 4.98 Å². The van der Waals surface area contributed by atoms with Crippen LogP contribution in [-0.4, -0.2) is 31.6 Å². The van der Waals surface area contributed by atoms with Crippen molar-refractivity contribution in [2.24, 2.45) is 0 Å². The molecule has 1 aromatic heterocycles. The first-order valence-electron chi connectivity index (χ1n) is 6.53. The van der Waals surface area contributed by atoms with Crippen molar-refractivity contribution in [2.75, 3.05) is 17.2 Å². The predicted octanol–water partition coefficient (Wildman–Crippen LogP) is 2.60. The third-order valence-corrected chi connectivity index (χ3v) is 5.45. The number of nitrogens with zero attached hydrogens (tertiary/aromatic N) is 2. The molecule has 0 bridgehead atoms. The summed E-state index contributed by atoms with van der Waals surface area (Å²) in [7, 11) is -3.40. The number of aromatic nitrogens is 1. The number of thiazole rings is 1. The van der Waals surface area contributed by atoms with E-state index in [1.807, 2.05) is 0 Å². The van der Waals surface area contributed by atoms with Gasteiger partial charge in [0.1, 0.15) is 5.69 Å². The SMILES string of the molecule is CCN(C(=O)c1cscn1)c1ccccc1S(=O)(=O)CC. The molecule has 0 aliphatic heterocycles. The van der Waals surface area contributed by atoms with E-state index in [9.17, 15) is 13.2 Å². The summed E-state index contributed by atoms with van der Waals surface area (Å²) in [5.74, 6) is -0.301. The number of carbonyl (C=O) groups is 1. The summed E-state index contributed by atoms with van der Waals surface area (Å²) in [6.45, 7) is 3.76. The zero-order valence-corrected chi connectivity index (χ0v) is 13.4. The molecule has 5 nitrogen and oxygen atoms in total. The number of hydrogen-bond acceptors (Lipinski definition) is 5. The van der Waals surface area contributed by atoms with E-state index in [0.29, 0.717) is 17.9 Å². The monoisotopic (exact) mass is 324 g/mol. The van der Waals surface area contributed by atoms with Crippen LogP contribution in [0.15, 0.2) is 40.1 Å². The number of amides is 1. The Hall–Kier alpha value is -1.73. The van der Waals surface area contributed by atoms with Gasteiger partial charge in [-0.3, -0.25) is 4.79 Å². The molecular formula is C14H16N2O3S2. The fourth-order valence-corrected chi connectivity index (χ4v) is 3.60. The Kier molecular flexibility index (Phi) is 4.74. The van der Waals surface area contributed by atoms with Gasteiger partial charge in [0.05, 0.1) is 21.8 Å². The molecule has 0 atom stereocenters. The number of benzene rings is 1. The quantitative estimate of drug-likeness (QED) is 0.848. The molecule has 112 valence electrons. The molecule has 1 amide bonds. The Morgan fingerprint density at radius 2 is 2.00 bits per heavy atom. The minimum atomic E-state index is -3.40. The second kappa shape index (κ2) is 6.36. The van der Waals surface area contributed by atoms with Crippen molar-refractivity contribution in [1.29, 1.82) is 0 Å². The Morgan fingerprint density at radius 3 is 2.57 bits per heavy atom. The molecule has 2 rings (SSSR count). The Bertz CT molecular complexity index is 724. The molecule has 0 spiro atoms. The molecule has 0 fully saturated rings. The molecule has 7 heteroatoms. The van der Waals surface area contributed by atoms with Crippen LogP contribution in [0, 0.1) is 0 Å². The molecule has 0 radical (unpaired) electrons. The van der Waals surface area contributed by atoms with Crippen molar-refractivity contribution in [1.82, 2.24) is 4.98 Å². The Labute approximate surface area is 128 Å². The van der Waals surface area contributed by atoms with Crippen LogP contribution in [0.1, 0.15) is 24.3 Å². The third kappa shape index (κ3) is 3.14. The van der Waals surface area contributed by atoms with Gasteiger partial charge in [0.25, 0.3) is 5.91 Å². The lowest BCUT2D eigenvalue weighted by Gasteiger charge is -2.22. The fraction of sp³-hybridized carbons (Fsp3) is 0.286. The number of hydrogen-bond donors (Lipinski definition) is 0. The van der Waals surface area contributed by atoms with Gasteiger partial charge < -0.3 is 4.90 Å². The summed E-state index contributed by atoms with van der Waals surface area (Å²) in [4.78, 5) is 18.1. The van der Waals surface area contributed by atoms with Gasteiger partial charge in [-0.15, -0.1) is 11.3 Å². The normalized spacial score (nSPS) is 11.3. The van der Waals surface area contributed by atoms with E-state index in [4.69, 9.17) is 0 Å². The molecule has 0 unspecified atom stereocenters. The highest BCUT2D eigenvalue weighted by atomic mass is 32.2. The van der Waals surface area contributed by atoms with Crippen molar-refractivity contribution < 1.29 is 13.2 Å². The lowest BCUT2D eigenvalue weighted by molar-refractivity contribution is 0.0984. The van der Waals surface area contributed by atoms with Gasteiger partial charge in [0.15, 0.2) is 9.84 Å². The van der Waals surface area contributed by atoms with Crippen molar-refractivity contribution in [3.05, 3.63) is 40.8 Å². The molecule has 1 heterocycles. The first kappa shape index (κ1) is 15.7. The molecule has 1 aromatic carbocycles. The van der Waals surface area contributed by atoms with Crippen molar-refractivity contribution in [3.8, 4) is 0 Å². The zero-order chi connectivity index (χ0) is 15.5. The molecule has 0 saturated heterocycles. The lowest BCUT2D eigenvalue weighted by atomic mass is 10.2. The maximum Gasteiger partial charge on any atom is 0.277 e. The number of carbonyl (C=O) groups excluding carboxylic acids is 1. The minimum absolute atomic E-state index is 0.00748. The number of rotatable bonds is 5. The van der Waals surface area contributed by atoms with Gasteiger partial charge in [0.2, 0.25) is 0 Å². The van der Waals surface area contributed by atoms with Crippen LogP contribution >= 0.6 is 11.3 Å². The van der Waals surface area contributed by atoms with Gasteiger partial charge in [-0.1, -0.05) is 19.1 Å². The van der Waals surface area contributed by atoms with Crippen molar-refractivity contribution in [2.45, 2.75) is 18.7 Å². The smallest absolute Gasteiger partial charge is 0.277 e. The summed E-state index contributed by atoms with van der Waals surface area (Å²) in [5, 5.41) is 1.65. The van der Waals surface area contributed by atoms with E-state index in [-0.39, 0.29) is 16.6 Å². The van der Waals surface area contributed by atoms with Crippen molar-refractivity contribution in [3.63, 3.8) is 0 Å². The molecule has 21 heavy (non-hydrogen) atoms.